The van der Waals surface area contributed by atoms with Gasteiger partial charge in [0.2, 0.25) is 5.91 Å². The van der Waals surface area contributed by atoms with E-state index < -0.39 is 34.5 Å². The fourth-order valence-electron chi connectivity index (χ4n) is 6.42. The molecule has 2 aliphatic rings. The number of hydrogen-bond donors (Lipinski definition) is 2. The highest BCUT2D eigenvalue weighted by Crippen LogP contribution is 2.47. The number of hydrogen-bond acceptors (Lipinski definition) is 10. The Bertz CT molecular complexity index is 1950. The summed E-state index contributed by atoms with van der Waals surface area (Å²) in [6.45, 7) is 3.34. The SMILES string of the molecule is CC(=O)OC1CC(=O)N1c1ccc(CN2C(=O)[C@@](O)([C@@H](C)/C=C/CCn3cc(C(CO)c4ccccc4)nn3)c3cc([N+](=O)[O-])ccc32)cc1. The number of aryl methyl sites for hydroxylation is 1. The highest BCUT2D eigenvalue weighted by molar-refractivity contribution is 6.07. The zero-order valence-corrected chi connectivity index (χ0v) is 27.5. The molecule has 2 unspecified atom stereocenters. The van der Waals surface area contributed by atoms with Crippen molar-refractivity contribution in [2.24, 2.45) is 5.92 Å². The number of anilines is 2. The molecule has 0 saturated carbocycles. The average molecular weight is 681 g/mol. The standard InChI is InChI=1S/C36H36N6O8/c1-23(8-6-7-17-39-21-31(37-38-39)29(22-43)26-9-4-3-5-10-26)36(47)30-18-28(42(48)49)15-16-32(30)40(35(36)46)20-25-11-13-27(14-12-25)41-33(45)19-34(41)50-24(2)44/h3-6,8-16,18,21,23,29,34,43,47H,7,17,19-20,22H2,1-2H3/b8-6+/t23-,29?,34?,36+/m0/s1. The van der Waals surface area contributed by atoms with E-state index in [2.05, 4.69) is 10.3 Å². The monoisotopic (exact) mass is 680 g/mol. The Kier molecular flexibility index (Phi) is 9.57. The van der Waals surface area contributed by atoms with Crippen LogP contribution < -0.4 is 9.80 Å². The van der Waals surface area contributed by atoms with Gasteiger partial charge < -0.3 is 19.8 Å². The second-order valence-electron chi connectivity index (χ2n) is 12.4. The minimum atomic E-state index is -2.08. The second kappa shape index (κ2) is 14.0. The third kappa shape index (κ3) is 6.50. The lowest BCUT2D eigenvalue weighted by Gasteiger charge is -2.39. The molecular weight excluding hydrogens is 644 g/mol. The van der Waals surface area contributed by atoms with E-state index in [1.165, 1.54) is 34.9 Å². The number of amides is 2. The van der Waals surface area contributed by atoms with Gasteiger partial charge in [0.05, 0.1) is 41.8 Å². The van der Waals surface area contributed by atoms with Crippen molar-refractivity contribution in [3.8, 4) is 0 Å². The van der Waals surface area contributed by atoms with Crippen molar-refractivity contribution in [2.75, 3.05) is 16.4 Å². The number of rotatable bonds is 13. The second-order valence-corrected chi connectivity index (χ2v) is 12.4. The summed E-state index contributed by atoms with van der Waals surface area (Å²) in [6, 6.07) is 20.4. The van der Waals surface area contributed by atoms with Gasteiger partial charge in [0.25, 0.3) is 11.6 Å². The molecule has 1 fully saturated rings. The molecule has 50 heavy (non-hydrogen) atoms. The first-order chi connectivity index (χ1) is 24.0. The quantitative estimate of drug-likeness (QED) is 0.0690. The summed E-state index contributed by atoms with van der Waals surface area (Å²) < 4.78 is 6.85. The van der Waals surface area contributed by atoms with E-state index in [4.69, 9.17) is 4.74 Å². The number of nitrogens with zero attached hydrogens (tertiary/aromatic N) is 6. The first kappa shape index (κ1) is 34.1. The maximum atomic E-state index is 14.0. The van der Waals surface area contributed by atoms with Gasteiger partial charge in [-0.1, -0.05) is 66.8 Å². The molecule has 2 N–H and O–H groups in total. The van der Waals surface area contributed by atoms with E-state index in [0.29, 0.717) is 35.6 Å². The molecule has 258 valence electrons. The molecule has 0 bridgehead atoms. The van der Waals surface area contributed by atoms with Crippen molar-refractivity contribution in [1.82, 2.24) is 15.0 Å². The van der Waals surface area contributed by atoms with Crippen LogP contribution >= 0.6 is 0 Å². The van der Waals surface area contributed by atoms with Gasteiger partial charge in [-0.2, -0.15) is 0 Å². The smallest absolute Gasteiger partial charge is 0.304 e. The van der Waals surface area contributed by atoms with Crippen LogP contribution in [0.3, 0.4) is 0 Å². The van der Waals surface area contributed by atoms with E-state index >= 15 is 0 Å². The van der Waals surface area contributed by atoms with Gasteiger partial charge in [-0.15, -0.1) is 5.10 Å². The summed E-state index contributed by atoms with van der Waals surface area (Å²) >= 11 is 0. The normalized spacial score (nSPS) is 19.7. The molecule has 3 aromatic carbocycles. The maximum Gasteiger partial charge on any atom is 0.304 e. The summed E-state index contributed by atoms with van der Waals surface area (Å²) in [5.41, 5.74) is 0.927. The molecular formula is C36H36N6O8. The number of fused-ring (bicyclic) bond motifs is 1. The highest BCUT2D eigenvalue weighted by atomic mass is 16.6. The molecule has 2 aliphatic heterocycles. The number of aromatic nitrogens is 3. The van der Waals surface area contributed by atoms with Crippen molar-refractivity contribution in [2.45, 2.75) is 57.5 Å². The molecule has 3 heterocycles. The van der Waals surface area contributed by atoms with Crippen LogP contribution in [0.5, 0.6) is 0 Å². The number of carbonyl (C=O) groups is 3. The number of β-lactam (4-membered cyclic amide) rings is 1. The summed E-state index contributed by atoms with van der Waals surface area (Å²) in [5, 5.41) is 42.1. The predicted octanol–water partition coefficient (Wildman–Crippen LogP) is 3.95. The third-order valence-electron chi connectivity index (χ3n) is 9.13. The van der Waals surface area contributed by atoms with Crippen LogP contribution in [0, 0.1) is 16.0 Å². The van der Waals surface area contributed by atoms with E-state index in [1.54, 1.807) is 48.1 Å². The van der Waals surface area contributed by atoms with Crippen molar-refractivity contribution in [3.63, 3.8) is 0 Å². The molecule has 0 spiro atoms. The fraction of sp³-hybridized carbons (Fsp3) is 0.306. The number of nitro groups is 1. The van der Waals surface area contributed by atoms with Crippen LogP contribution in [0.25, 0.3) is 0 Å². The topological polar surface area (TPSA) is 181 Å². The molecule has 0 radical (unpaired) electrons. The Morgan fingerprint density at radius 3 is 2.54 bits per heavy atom. The van der Waals surface area contributed by atoms with Crippen LogP contribution in [0.2, 0.25) is 0 Å². The van der Waals surface area contributed by atoms with Crippen LogP contribution in [0.15, 0.2) is 91.1 Å². The van der Waals surface area contributed by atoms with Gasteiger partial charge in [-0.05, 0) is 35.7 Å². The number of benzene rings is 3. The minimum absolute atomic E-state index is 0.0520. The lowest BCUT2D eigenvalue weighted by Crippen LogP contribution is -2.54. The van der Waals surface area contributed by atoms with E-state index in [1.807, 2.05) is 36.4 Å². The van der Waals surface area contributed by atoms with Crippen LogP contribution in [0.4, 0.5) is 17.1 Å². The lowest BCUT2D eigenvalue weighted by atomic mass is 9.82. The zero-order valence-electron chi connectivity index (χ0n) is 27.5. The first-order valence-electron chi connectivity index (χ1n) is 16.1. The Morgan fingerprint density at radius 2 is 1.88 bits per heavy atom. The molecule has 4 aromatic rings. The number of carbonyl (C=O) groups excluding carboxylic acids is 3. The lowest BCUT2D eigenvalue weighted by molar-refractivity contribution is -0.385. The third-order valence-corrected chi connectivity index (χ3v) is 9.13. The Morgan fingerprint density at radius 1 is 1.14 bits per heavy atom. The van der Waals surface area contributed by atoms with Gasteiger partial charge in [-0.3, -0.25) is 34.1 Å². The minimum Gasteiger partial charge on any atom is -0.441 e. The van der Waals surface area contributed by atoms with Crippen LogP contribution in [-0.2, 0) is 37.8 Å². The Balaban J connectivity index is 1.17. The number of esters is 1. The number of aliphatic hydroxyl groups is 2. The summed E-state index contributed by atoms with van der Waals surface area (Å²) in [4.78, 5) is 51.5. The summed E-state index contributed by atoms with van der Waals surface area (Å²) in [6.07, 6.45) is 5.21. The molecule has 4 atom stereocenters. The van der Waals surface area contributed by atoms with E-state index in [-0.39, 0.29) is 42.6 Å². The summed E-state index contributed by atoms with van der Waals surface area (Å²) in [7, 11) is 0. The number of nitro benzene ring substituents is 1. The van der Waals surface area contributed by atoms with Crippen molar-refractivity contribution in [1.29, 1.82) is 0 Å². The highest BCUT2D eigenvalue weighted by Gasteiger charge is 2.53. The molecule has 6 rings (SSSR count). The predicted molar refractivity (Wildman–Crippen MR) is 181 cm³/mol. The van der Waals surface area contributed by atoms with Gasteiger partial charge in [0, 0.05) is 49.0 Å². The molecule has 14 heteroatoms. The maximum absolute atomic E-state index is 14.0. The van der Waals surface area contributed by atoms with Gasteiger partial charge >= 0.3 is 5.97 Å². The first-order valence-corrected chi connectivity index (χ1v) is 16.1. The number of non-ortho nitro benzene ring substituents is 1. The number of allylic oxidation sites excluding steroid dienone is 1. The summed E-state index contributed by atoms with van der Waals surface area (Å²) in [5.74, 6) is -2.38. The molecule has 1 aromatic heterocycles. The van der Waals surface area contributed by atoms with Crippen molar-refractivity contribution in [3.05, 3.63) is 124 Å². The molecule has 14 nitrogen and oxygen atoms in total. The van der Waals surface area contributed by atoms with E-state index in [9.17, 15) is 34.7 Å². The average Bonchev–Trinajstić information content (AvgIpc) is 3.65. The zero-order chi connectivity index (χ0) is 35.6. The fourth-order valence-corrected chi connectivity index (χ4v) is 6.42. The largest absolute Gasteiger partial charge is 0.441 e. The van der Waals surface area contributed by atoms with Gasteiger partial charge in [0.15, 0.2) is 11.8 Å². The van der Waals surface area contributed by atoms with Crippen molar-refractivity contribution < 1.29 is 34.3 Å². The van der Waals surface area contributed by atoms with Crippen LogP contribution in [0.1, 0.15) is 55.0 Å². The Labute approximate surface area is 287 Å². The van der Waals surface area contributed by atoms with Crippen molar-refractivity contribution >= 4 is 34.8 Å². The molecule has 2 amide bonds. The van der Waals surface area contributed by atoms with Crippen LogP contribution in [-0.4, -0.2) is 60.7 Å². The van der Waals surface area contributed by atoms with E-state index in [0.717, 1.165) is 5.56 Å². The number of aliphatic hydroxyl groups excluding tert-OH is 1. The molecule has 1 saturated heterocycles. The Hall–Kier alpha value is -5.73. The number of ether oxygens (including phenoxy) is 1. The van der Waals surface area contributed by atoms with Gasteiger partial charge in [0.1, 0.15) is 0 Å². The molecule has 0 aliphatic carbocycles. The van der Waals surface area contributed by atoms with Gasteiger partial charge in [-0.25, -0.2) is 0 Å².